The molecule has 0 heterocycles. The van der Waals surface area contributed by atoms with Gasteiger partial charge in [-0.05, 0) is 43.9 Å². The van der Waals surface area contributed by atoms with E-state index in [0.29, 0.717) is 19.3 Å². The number of ether oxygens (including phenoxy) is 1. The van der Waals surface area contributed by atoms with E-state index in [2.05, 4.69) is 4.74 Å². The van der Waals surface area contributed by atoms with Crippen LogP contribution < -0.4 is 0 Å². The highest BCUT2D eigenvalue weighted by atomic mass is 19.4. The Morgan fingerprint density at radius 1 is 1.13 bits per heavy atom. The third-order valence-electron chi connectivity index (χ3n) is 4.66. The van der Waals surface area contributed by atoms with Crippen LogP contribution >= 0.6 is 0 Å². The summed E-state index contributed by atoms with van der Waals surface area (Å²) < 4.78 is 81.8. The molecule has 0 aromatic heterocycles. The van der Waals surface area contributed by atoms with Gasteiger partial charge in [0.15, 0.2) is 0 Å². The first-order valence-electron chi connectivity index (χ1n) is 8.35. The van der Waals surface area contributed by atoms with Crippen LogP contribution in [0.4, 0.5) is 26.3 Å². The quantitative estimate of drug-likeness (QED) is 0.495. The molecule has 0 aliphatic heterocycles. The van der Waals surface area contributed by atoms with Crippen LogP contribution in [0.25, 0.3) is 0 Å². The second kappa shape index (κ2) is 9.14. The average molecular weight is 348 g/mol. The smallest absolute Gasteiger partial charge is 0.335 e. The zero-order chi connectivity index (χ0) is 17.6. The van der Waals surface area contributed by atoms with E-state index in [4.69, 9.17) is 0 Å². The van der Waals surface area contributed by atoms with Crippen LogP contribution in [0, 0.1) is 11.8 Å². The van der Waals surface area contributed by atoms with E-state index in [0.717, 1.165) is 12.8 Å². The molecule has 0 radical (unpaired) electrons. The normalized spacial score (nSPS) is 30.0. The van der Waals surface area contributed by atoms with Gasteiger partial charge in [-0.1, -0.05) is 26.7 Å². The summed E-state index contributed by atoms with van der Waals surface area (Å²) >= 11 is 0. The van der Waals surface area contributed by atoms with E-state index in [-0.39, 0.29) is 24.7 Å². The minimum absolute atomic E-state index is 0.0125. The maximum atomic E-state index is 14.1. The number of alkyl halides is 6. The molecular formula is C16H26F6O. The van der Waals surface area contributed by atoms with Gasteiger partial charge in [-0.25, -0.2) is 13.2 Å². The Morgan fingerprint density at radius 2 is 1.78 bits per heavy atom. The third kappa shape index (κ3) is 6.16. The predicted molar refractivity (Wildman–Crippen MR) is 76.3 cm³/mol. The van der Waals surface area contributed by atoms with Crippen molar-refractivity contribution in [3.05, 3.63) is 0 Å². The zero-order valence-corrected chi connectivity index (χ0v) is 13.6. The second-order valence-corrected chi connectivity index (χ2v) is 6.35. The number of rotatable bonds is 8. The van der Waals surface area contributed by atoms with Crippen LogP contribution in [-0.4, -0.2) is 31.0 Å². The molecule has 0 saturated heterocycles. The molecule has 6 unspecified atom stereocenters. The molecule has 0 N–H and O–H groups in total. The Hall–Kier alpha value is -0.460. The molecule has 1 rings (SSSR count). The van der Waals surface area contributed by atoms with E-state index in [1.165, 1.54) is 0 Å². The van der Waals surface area contributed by atoms with Crippen molar-refractivity contribution in [3.8, 4) is 0 Å². The summed E-state index contributed by atoms with van der Waals surface area (Å²) in [6.07, 6.45) is -9.76. The van der Waals surface area contributed by atoms with E-state index in [1.54, 1.807) is 6.92 Å². The Bertz CT molecular complexity index is 335. The summed E-state index contributed by atoms with van der Waals surface area (Å²) in [5.74, 6) is -0.516. The molecule has 138 valence electrons. The molecule has 23 heavy (non-hydrogen) atoms. The second-order valence-electron chi connectivity index (χ2n) is 6.35. The van der Waals surface area contributed by atoms with Gasteiger partial charge in [0.25, 0.3) is 6.36 Å². The Kier molecular flexibility index (Phi) is 8.18. The molecule has 7 heteroatoms. The van der Waals surface area contributed by atoms with Crippen molar-refractivity contribution in [1.82, 2.24) is 0 Å². The molecule has 0 amide bonds. The molecule has 0 bridgehead atoms. The van der Waals surface area contributed by atoms with E-state index in [9.17, 15) is 26.3 Å². The van der Waals surface area contributed by atoms with Gasteiger partial charge in [0.2, 0.25) is 0 Å². The molecular weight excluding hydrogens is 322 g/mol. The standard InChI is InChI=1S/C16H26F6O/c1-3-5-6-11(12(17)4-2)10-7-8-14(13(18)9-10)23-15(19)16(20,21)22/h10-15H,3-9H2,1-2H3. The monoisotopic (exact) mass is 348 g/mol. The molecule has 0 aromatic carbocycles. The fourth-order valence-corrected chi connectivity index (χ4v) is 3.35. The summed E-state index contributed by atoms with van der Waals surface area (Å²) in [6.45, 7) is 3.71. The van der Waals surface area contributed by atoms with Crippen LogP contribution in [-0.2, 0) is 4.74 Å². The first-order valence-corrected chi connectivity index (χ1v) is 8.35. The molecule has 0 aromatic rings. The molecule has 0 spiro atoms. The van der Waals surface area contributed by atoms with E-state index < -0.39 is 31.0 Å². The molecule has 6 atom stereocenters. The van der Waals surface area contributed by atoms with Crippen molar-refractivity contribution < 1.29 is 31.1 Å². The number of hydrogen-bond donors (Lipinski definition) is 0. The highest BCUT2D eigenvalue weighted by molar-refractivity contribution is 4.87. The lowest BCUT2D eigenvalue weighted by Gasteiger charge is -2.37. The van der Waals surface area contributed by atoms with Crippen molar-refractivity contribution in [2.24, 2.45) is 11.8 Å². The molecule has 1 nitrogen and oxygen atoms in total. The molecule has 1 fully saturated rings. The lowest BCUT2D eigenvalue weighted by molar-refractivity contribution is -0.285. The molecule has 1 saturated carbocycles. The fraction of sp³-hybridized carbons (Fsp3) is 1.00. The van der Waals surface area contributed by atoms with Crippen molar-refractivity contribution in [2.45, 2.75) is 89.8 Å². The SMILES string of the molecule is CCCCC(C(F)CC)C1CCC(OC(F)C(F)(F)F)C(F)C1. The van der Waals surface area contributed by atoms with Crippen LogP contribution in [0.2, 0.25) is 0 Å². The first-order chi connectivity index (χ1) is 10.7. The van der Waals surface area contributed by atoms with E-state index >= 15 is 0 Å². The Balaban J connectivity index is 2.61. The van der Waals surface area contributed by atoms with Crippen LogP contribution in [0.15, 0.2) is 0 Å². The minimum Gasteiger partial charge on any atom is -0.335 e. The van der Waals surface area contributed by atoms with Crippen molar-refractivity contribution in [3.63, 3.8) is 0 Å². The predicted octanol–water partition coefficient (Wildman–Crippen LogP) is 5.92. The number of unbranched alkanes of at least 4 members (excludes halogenated alkanes) is 1. The van der Waals surface area contributed by atoms with Crippen molar-refractivity contribution in [1.29, 1.82) is 0 Å². The maximum Gasteiger partial charge on any atom is 0.445 e. The van der Waals surface area contributed by atoms with Gasteiger partial charge in [-0.15, -0.1) is 0 Å². The maximum absolute atomic E-state index is 14.1. The van der Waals surface area contributed by atoms with Gasteiger partial charge in [0.1, 0.15) is 12.3 Å². The number of hydrogen-bond acceptors (Lipinski definition) is 1. The van der Waals surface area contributed by atoms with Gasteiger partial charge >= 0.3 is 6.18 Å². The topological polar surface area (TPSA) is 9.23 Å². The van der Waals surface area contributed by atoms with Gasteiger partial charge in [-0.3, -0.25) is 0 Å². The summed E-state index contributed by atoms with van der Waals surface area (Å²) in [7, 11) is 0. The highest BCUT2D eigenvalue weighted by Gasteiger charge is 2.46. The van der Waals surface area contributed by atoms with Gasteiger partial charge in [-0.2, -0.15) is 13.2 Å². The average Bonchev–Trinajstić information content (AvgIpc) is 2.48. The summed E-state index contributed by atoms with van der Waals surface area (Å²) in [5, 5.41) is 0. The summed E-state index contributed by atoms with van der Waals surface area (Å²) in [5.41, 5.74) is 0. The summed E-state index contributed by atoms with van der Waals surface area (Å²) in [6, 6.07) is 0. The zero-order valence-electron chi connectivity index (χ0n) is 13.6. The summed E-state index contributed by atoms with van der Waals surface area (Å²) in [4.78, 5) is 0. The minimum atomic E-state index is -5.15. The van der Waals surface area contributed by atoms with Gasteiger partial charge < -0.3 is 4.74 Å². The highest BCUT2D eigenvalue weighted by Crippen LogP contribution is 2.40. The van der Waals surface area contributed by atoms with Crippen molar-refractivity contribution in [2.75, 3.05) is 0 Å². The van der Waals surface area contributed by atoms with Crippen LogP contribution in [0.1, 0.15) is 58.8 Å². The molecule has 1 aliphatic carbocycles. The largest absolute Gasteiger partial charge is 0.445 e. The Labute approximate surface area is 133 Å². The third-order valence-corrected chi connectivity index (χ3v) is 4.66. The van der Waals surface area contributed by atoms with Gasteiger partial charge in [0.05, 0.1) is 6.10 Å². The lowest BCUT2D eigenvalue weighted by atomic mass is 9.74. The van der Waals surface area contributed by atoms with Crippen molar-refractivity contribution >= 4 is 0 Å². The lowest BCUT2D eigenvalue weighted by Crippen LogP contribution is -2.41. The van der Waals surface area contributed by atoms with Crippen LogP contribution in [0.5, 0.6) is 0 Å². The fourth-order valence-electron chi connectivity index (χ4n) is 3.35. The Morgan fingerprint density at radius 3 is 2.26 bits per heavy atom. The number of halogens is 6. The first kappa shape index (κ1) is 20.6. The van der Waals surface area contributed by atoms with Crippen LogP contribution in [0.3, 0.4) is 0 Å². The van der Waals surface area contributed by atoms with Gasteiger partial charge in [0, 0.05) is 0 Å². The van der Waals surface area contributed by atoms with E-state index in [1.807, 2.05) is 6.92 Å². The molecule has 1 aliphatic rings.